The van der Waals surface area contributed by atoms with Gasteiger partial charge in [-0.25, -0.2) is 4.98 Å². The summed E-state index contributed by atoms with van der Waals surface area (Å²) < 4.78 is 11.8. The Morgan fingerprint density at radius 2 is 2.00 bits per heavy atom. The van der Waals surface area contributed by atoms with Gasteiger partial charge in [-0.05, 0) is 44.6 Å². The first-order chi connectivity index (χ1) is 15.6. The van der Waals surface area contributed by atoms with E-state index in [0.717, 1.165) is 30.8 Å². The first-order valence-corrected chi connectivity index (χ1v) is 13.0. The van der Waals surface area contributed by atoms with Crippen LogP contribution < -0.4 is 5.32 Å². The maximum atomic E-state index is 12.9. The van der Waals surface area contributed by atoms with E-state index in [1.807, 2.05) is 56.6 Å². The van der Waals surface area contributed by atoms with Crippen LogP contribution in [0, 0.1) is 17.3 Å². The highest BCUT2D eigenvalue weighted by Gasteiger charge is 2.29. The average Bonchev–Trinajstić information content (AvgIpc) is 3.31. The molecule has 0 radical (unpaired) electrons. The molecule has 1 amide bonds. The number of hydrogen-bond donors (Lipinski definition) is 1. The maximum absolute atomic E-state index is 12.9. The minimum atomic E-state index is -0.0995. The first-order valence-electron chi connectivity index (χ1n) is 12.2. The van der Waals surface area contributed by atoms with Gasteiger partial charge in [-0.15, -0.1) is 11.3 Å². The molecule has 1 rings (SSSR count). The van der Waals surface area contributed by atoms with Crippen LogP contribution in [0.5, 0.6) is 0 Å². The zero-order valence-corrected chi connectivity index (χ0v) is 23.1. The summed E-state index contributed by atoms with van der Waals surface area (Å²) in [5.41, 5.74) is 0.138. The Labute approximate surface area is 206 Å². The van der Waals surface area contributed by atoms with Crippen LogP contribution in [-0.4, -0.2) is 62.3 Å². The van der Waals surface area contributed by atoms with Crippen LogP contribution in [0.15, 0.2) is 23.7 Å². The Kier molecular flexibility index (Phi) is 13.4. The number of carbonyl (C=O) groups excluding carboxylic acids is 1. The summed E-state index contributed by atoms with van der Waals surface area (Å²) in [4.78, 5) is 19.2. The molecule has 0 spiro atoms. The lowest BCUT2D eigenvalue weighted by Gasteiger charge is -2.33. The van der Waals surface area contributed by atoms with Crippen LogP contribution in [-0.2, 0) is 14.3 Å². The van der Waals surface area contributed by atoms with E-state index in [2.05, 4.69) is 38.0 Å². The summed E-state index contributed by atoms with van der Waals surface area (Å²) in [7, 11) is 5.60. The molecule has 1 N–H and O–H groups in total. The SMILES string of the molecule is C/C=C\C(OC)C(C)C(C)C(=O)N(C)CCCCO[C@H](CC(NC)C(C)(C)C)c1nccs1. The molecule has 4 unspecified atom stereocenters. The molecule has 6 nitrogen and oxygen atoms in total. The summed E-state index contributed by atoms with van der Waals surface area (Å²) in [5.74, 6) is 0.182. The van der Waals surface area contributed by atoms with Gasteiger partial charge in [0.15, 0.2) is 0 Å². The monoisotopic (exact) mass is 481 g/mol. The quantitative estimate of drug-likeness (QED) is 0.271. The fraction of sp³-hybridized carbons (Fsp3) is 0.769. The van der Waals surface area contributed by atoms with Crippen LogP contribution in [0.1, 0.15) is 71.9 Å². The number of hydrogen-bond acceptors (Lipinski definition) is 6. The number of methoxy groups -OCH3 is 1. The molecular formula is C26H47N3O3S. The summed E-state index contributed by atoms with van der Waals surface area (Å²) in [5, 5.41) is 6.48. The van der Waals surface area contributed by atoms with Crippen molar-refractivity contribution in [2.24, 2.45) is 17.3 Å². The summed E-state index contributed by atoms with van der Waals surface area (Å²) in [6.45, 7) is 14.2. The van der Waals surface area contributed by atoms with Gasteiger partial charge < -0.3 is 19.7 Å². The van der Waals surface area contributed by atoms with Gasteiger partial charge in [-0.3, -0.25) is 4.79 Å². The Morgan fingerprint density at radius 3 is 2.52 bits per heavy atom. The van der Waals surface area contributed by atoms with Gasteiger partial charge >= 0.3 is 0 Å². The van der Waals surface area contributed by atoms with Gasteiger partial charge in [0.1, 0.15) is 11.1 Å². The smallest absolute Gasteiger partial charge is 0.225 e. The van der Waals surface area contributed by atoms with Gasteiger partial charge in [-0.1, -0.05) is 46.8 Å². The maximum Gasteiger partial charge on any atom is 0.225 e. The van der Waals surface area contributed by atoms with Crippen molar-refractivity contribution in [3.8, 4) is 0 Å². The van der Waals surface area contributed by atoms with E-state index in [4.69, 9.17) is 9.47 Å². The number of nitrogens with zero attached hydrogens (tertiary/aromatic N) is 2. The number of rotatable bonds is 15. The van der Waals surface area contributed by atoms with Gasteiger partial charge in [-0.2, -0.15) is 0 Å². The second-order valence-corrected chi connectivity index (χ2v) is 10.9. The van der Waals surface area contributed by atoms with E-state index in [-0.39, 0.29) is 35.4 Å². The summed E-state index contributed by atoms with van der Waals surface area (Å²) in [6, 6.07) is 0.331. The van der Waals surface area contributed by atoms with Crippen LogP contribution in [0.2, 0.25) is 0 Å². The number of allylic oxidation sites excluding steroid dienone is 1. The average molecular weight is 482 g/mol. The number of aromatic nitrogens is 1. The first kappa shape index (κ1) is 29.8. The van der Waals surface area contributed by atoms with Crippen molar-refractivity contribution in [3.63, 3.8) is 0 Å². The molecule has 0 aliphatic carbocycles. The number of amides is 1. The van der Waals surface area contributed by atoms with E-state index >= 15 is 0 Å². The molecule has 1 aromatic heterocycles. The molecular weight excluding hydrogens is 434 g/mol. The molecule has 5 atom stereocenters. The molecule has 1 heterocycles. The molecule has 0 aliphatic rings. The van der Waals surface area contributed by atoms with E-state index in [1.165, 1.54) is 0 Å². The standard InChI is InChI=1S/C26H47N3O3S/c1-10-13-21(31-9)19(2)20(3)25(30)29(8)15-11-12-16-32-22(24-28-14-17-33-24)18-23(27-7)26(4,5)6/h10,13-14,17,19-23,27H,11-12,15-16,18H2,1-9H3/b13-10-/t19?,20?,21?,22-,23?/m1/s1. The van der Waals surface area contributed by atoms with Crippen molar-refractivity contribution in [2.45, 2.75) is 79.1 Å². The number of unbranched alkanes of at least 4 members (excludes halogenated alkanes) is 1. The molecule has 0 bridgehead atoms. The van der Waals surface area contributed by atoms with Gasteiger partial charge in [0.05, 0.1) is 6.10 Å². The third kappa shape index (κ3) is 9.85. The number of carbonyl (C=O) groups is 1. The van der Waals surface area contributed by atoms with Gasteiger partial charge in [0, 0.05) is 50.8 Å². The Hall–Kier alpha value is -1.28. The third-order valence-corrected chi connectivity index (χ3v) is 7.37. The van der Waals surface area contributed by atoms with E-state index in [9.17, 15) is 4.79 Å². The molecule has 0 fully saturated rings. The highest BCUT2D eigenvalue weighted by molar-refractivity contribution is 7.09. The second kappa shape index (κ2) is 14.9. The van der Waals surface area contributed by atoms with Crippen molar-refractivity contribution in [1.29, 1.82) is 0 Å². The highest BCUT2D eigenvalue weighted by Crippen LogP contribution is 2.31. The van der Waals surface area contributed by atoms with Crippen molar-refractivity contribution >= 4 is 17.2 Å². The van der Waals surface area contributed by atoms with Crippen molar-refractivity contribution in [1.82, 2.24) is 15.2 Å². The third-order valence-electron chi connectivity index (χ3n) is 6.50. The molecule has 190 valence electrons. The Morgan fingerprint density at radius 1 is 1.30 bits per heavy atom. The van der Waals surface area contributed by atoms with Crippen molar-refractivity contribution in [2.75, 3.05) is 34.4 Å². The largest absolute Gasteiger partial charge is 0.377 e. The van der Waals surface area contributed by atoms with E-state index in [0.29, 0.717) is 12.6 Å². The molecule has 0 aromatic carbocycles. The van der Waals surface area contributed by atoms with E-state index in [1.54, 1.807) is 18.4 Å². The summed E-state index contributed by atoms with van der Waals surface area (Å²) in [6.07, 6.45) is 8.47. The molecule has 7 heteroatoms. The predicted octanol–water partition coefficient (Wildman–Crippen LogP) is 5.33. The normalized spacial score (nSPS) is 17.0. The lowest BCUT2D eigenvalue weighted by Crippen LogP contribution is -2.39. The minimum Gasteiger partial charge on any atom is -0.377 e. The van der Waals surface area contributed by atoms with E-state index < -0.39 is 0 Å². The molecule has 1 aromatic rings. The van der Waals surface area contributed by atoms with Crippen molar-refractivity contribution in [3.05, 3.63) is 28.7 Å². The fourth-order valence-electron chi connectivity index (χ4n) is 4.05. The van der Waals surface area contributed by atoms with Crippen LogP contribution in [0.4, 0.5) is 0 Å². The lowest BCUT2D eigenvalue weighted by atomic mass is 9.83. The predicted molar refractivity (Wildman–Crippen MR) is 139 cm³/mol. The lowest BCUT2D eigenvalue weighted by molar-refractivity contribution is -0.136. The second-order valence-electron chi connectivity index (χ2n) is 10.0. The number of thiazole rings is 1. The Balaban J connectivity index is 2.53. The zero-order chi connectivity index (χ0) is 25.0. The molecule has 0 saturated heterocycles. The highest BCUT2D eigenvalue weighted by atomic mass is 32.1. The van der Waals surface area contributed by atoms with Crippen LogP contribution in [0.25, 0.3) is 0 Å². The van der Waals surface area contributed by atoms with Gasteiger partial charge in [0.25, 0.3) is 0 Å². The summed E-state index contributed by atoms with van der Waals surface area (Å²) >= 11 is 1.65. The minimum absolute atomic E-state index is 0.0143. The molecule has 0 aliphatic heterocycles. The number of nitrogens with one attached hydrogen (secondary N) is 1. The number of ether oxygens (including phenoxy) is 2. The Bertz CT molecular complexity index is 687. The topological polar surface area (TPSA) is 63.7 Å². The van der Waals surface area contributed by atoms with Gasteiger partial charge in [0.2, 0.25) is 5.91 Å². The van der Waals surface area contributed by atoms with Crippen molar-refractivity contribution < 1.29 is 14.3 Å². The molecule has 33 heavy (non-hydrogen) atoms. The molecule has 0 saturated carbocycles. The van der Waals surface area contributed by atoms with Crippen LogP contribution >= 0.6 is 11.3 Å². The zero-order valence-electron chi connectivity index (χ0n) is 22.3. The fourth-order valence-corrected chi connectivity index (χ4v) is 4.75. The van der Waals surface area contributed by atoms with Crippen LogP contribution in [0.3, 0.4) is 0 Å².